The number of ether oxygens (including phenoxy) is 1. The molecule has 18 heavy (non-hydrogen) atoms. The summed E-state index contributed by atoms with van der Waals surface area (Å²) < 4.78 is 4.49. The van der Waals surface area contributed by atoms with Crippen LogP contribution in [0, 0.1) is 0 Å². The fraction of sp³-hybridized carbons (Fsp3) is 0.143. The van der Waals surface area contributed by atoms with Gasteiger partial charge in [0.05, 0.1) is 7.11 Å². The van der Waals surface area contributed by atoms with E-state index in [4.69, 9.17) is 5.73 Å². The number of benzene rings is 1. The fourth-order valence-electron chi connectivity index (χ4n) is 1.26. The Balaban J connectivity index is 2.62. The molecule has 0 heterocycles. The molecule has 0 saturated carbocycles. The molecule has 1 rings (SSSR count). The first-order valence-electron chi connectivity index (χ1n) is 5.43. The monoisotopic (exact) mass is 245 g/mol. The number of esters is 1. The van der Waals surface area contributed by atoms with Gasteiger partial charge in [-0.05, 0) is 17.2 Å². The number of hydrogen-bond acceptors (Lipinski definition) is 3. The van der Waals surface area contributed by atoms with E-state index in [1.165, 1.54) is 13.2 Å². The number of carbonyl (C=O) groups excluding carboxylic acids is 2. The van der Waals surface area contributed by atoms with Gasteiger partial charge in [0.1, 0.15) is 0 Å². The summed E-state index contributed by atoms with van der Waals surface area (Å²) in [6.45, 7) is 0. The number of primary amides is 1. The lowest BCUT2D eigenvalue weighted by atomic mass is 10.1. The Morgan fingerprint density at radius 3 is 2.22 bits per heavy atom. The zero-order valence-electron chi connectivity index (χ0n) is 10.1. The van der Waals surface area contributed by atoms with Crippen LogP contribution in [0.4, 0.5) is 0 Å². The Kier molecular flexibility index (Phi) is 5.38. The summed E-state index contributed by atoms with van der Waals surface area (Å²) in [6.07, 6.45) is 6.78. The standard InChI is InChI=1S/C14H15NO3/c1-18-14(17)10-9-12-7-5-11(6-8-12)3-2-4-13(15)16/h2-3,5-10H,4H2,1H3,(H2,15,16)/b3-2?,10-9+. The van der Waals surface area contributed by atoms with E-state index in [0.717, 1.165) is 11.1 Å². The van der Waals surface area contributed by atoms with Gasteiger partial charge in [0, 0.05) is 12.5 Å². The van der Waals surface area contributed by atoms with Crippen LogP contribution in [0.15, 0.2) is 36.4 Å². The van der Waals surface area contributed by atoms with E-state index in [0.29, 0.717) is 0 Å². The number of carbonyl (C=O) groups is 2. The van der Waals surface area contributed by atoms with Gasteiger partial charge in [0.2, 0.25) is 5.91 Å². The molecule has 1 aromatic rings. The summed E-state index contributed by atoms with van der Waals surface area (Å²) in [5.41, 5.74) is 6.88. The molecule has 0 aliphatic rings. The first-order valence-corrected chi connectivity index (χ1v) is 5.43. The minimum Gasteiger partial charge on any atom is -0.466 e. The van der Waals surface area contributed by atoms with Gasteiger partial charge in [0.15, 0.2) is 0 Å². The molecule has 0 aliphatic heterocycles. The first-order chi connectivity index (χ1) is 8.61. The molecule has 0 aliphatic carbocycles. The second kappa shape index (κ2) is 7.06. The molecular weight excluding hydrogens is 230 g/mol. The van der Waals surface area contributed by atoms with Crippen LogP contribution in [-0.4, -0.2) is 19.0 Å². The summed E-state index contributed by atoms with van der Waals surface area (Å²) >= 11 is 0. The van der Waals surface area contributed by atoms with E-state index in [-0.39, 0.29) is 18.3 Å². The Labute approximate surface area is 106 Å². The first kappa shape index (κ1) is 13.7. The summed E-state index contributed by atoms with van der Waals surface area (Å²) in [6, 6.07) is 7.50. The molecule has 0 fully saturated rings. The molecule has 0 saturated heterocycles. The maximum atomic E-state index is 10.9. The van der Waals surface area contributed by atoms with Crippen molar-refractivity contribution in [2.24, 2.45) is 5.73 Å². The predicted molar refractivity (Wildman–Crippen MR) is 70.3 cm³/mol. The molecule has 94 valence electrons. The number of amides is 1. The summed E-state index contributed by atoms with van der Waals surface area (Å²) in [7, 11) is 1.33. The van der Waals surface area contributed by atoms with Crippen LogP contribution in [0.1, 0.15) is 17.5 Å². The van der Waals surface area contributed by atoms with E-state index in [1.54, 1.807) is 12.2 Å². The predicted octanol–water partition coefficient (Wildman–Crippen LogP) is 1.76. The second-order valence-electron chi connectivity index (χ2n) is 3.60. The third-order valence-corrected chi connectivity index (χ3v) is 2.18. The van der Waals surface area contributed by atoms with Crippen LogP contribution in [-0.2, 0) is 14.3 Å². The molecule has 0 atom stereocenters. The third-order valence-electron chi connectivity index (χ3n) is 2.18. The average Bonchev–Trinajstić information content (AvgIpc) is 2.37. The number of nitrogens with two attached hydrogens (primary N) is 1. The van der Waals surface area contributed by atoms with Crippen LogP contribution in [0.25, 0.3) is 12.2 Å². The molecule has 1 aromatic carbocycles. The highest BCUT2D eigenvalue weighted by molar-refractivity contribution is 5.86. The molecular formula is C14H15NO3. The lowest BCUT2D eigenvalue weighted by Crippen LogP contribution is -2.07. The molecule has 0 bridgehead atoms. The number of methoxy groups -OCH3 is 1. The van der Waals surface area contributed by atoms with Crippen molar-refractivity contribution in [1.82, 2.24) is 0 Å². The van der Waals surface area contributed by atoms with Gasteiger partial charge in [-0.15, -0.1) is 0 Å². The van der Waals surface area contributed by atoms with Crippen LogP contribution in [0.5, 0.6) is 0 Å². The minimum atomic E-state index is -0.388. The highest BCUT2D eigenvalue weighted by Crippen LogP contribution is 2.08. The third kappa shape index (κ3) is 5.12. The van der Waals surface area contributed by atoms with Crippen molar-refractivity contribution in [1.29, 1.82) is 0 Å². The van der Waals surface area contributed by atoms with Crippen molar-refractivity contribution in [3.05, 3.63) is 47.5 Å². The van der Waals surface area contributed by atoms with Gasteiger partial charge in [-0.1, -0.05) is 36.4 Å². The maximum absolute atomic E-state index is 10.9. The Morgan fingerprint density at radius 2 is 1.72 bits per heavy atom. The maximum Gasteiger partial charge on any atom is 0.330 e. The molecule has 2 N–H and O–H groups in total. The van der Waals surface area contributed by atoms with Crippen molar-refractivity contribution >= 4 is 24.0 Å². The molecule has 1 amide bonds. The van der Waals surface area contributed by atoms with Crippen molar-refractivity contribution in [3.63, 3.8) is 0 Å². The molecule has 0 aromatic heterocycles. The lowest BCUT2D eigenvalue weighted by Gasteiger charge is -1.96. The largest absolute Gasteiger partial charge is 0.466 e. The SMILES string of the molecule is COC(=O)/C=C/c1ccc(C=CCC(N)=O)cc1. The van der Waals surface area contributed by atoms with Gasteiger partial charge < -0.3 is 10.5 Å². The van der Waals surface area contributed by atoms with Crippen molar-refractivity contribution in [2.45, 2.75) is 6.42 Å². The molecule has 4 heteroatoms. The van der Waals surface area contributed by atoms with E-state index in [1.807, 2.05) is 30.3 Å². The van der Waals surface area contributed by atoms with Crippen molar-refractivity contribution < 1.29 is 14.3 Å². The zero-order valence-corrected chi connectivity index (χ0v) is 10.1. The fourth-order valence-corrected chi connectivity index (χ4v) is 1.26. The number of hydrogen-bond donors (Lipinski definition) is 1. The van der Waals surface area contributed by atoms with E-state index in [9.17, 15) is 9.59 Å². The summed E-state index contributed by atoms with van der Waals surface area (Å²) in [5, 5.41) is 0. The summed E-state index contributed by atoms with van der Waals surface area (Å²) in [5.74, 6) is -0.746. The smallest absolute Gasteiger partial charge is 0.330 e. The van der Waals surface area contributed by atoms with Gasteiger partial charge in [-0.25, -0.2) is 4.79 Å². The Bertz CT molecular complexity index is 472. The molecule has 4 nitrogen and oxygen atoms in total. The van der Waals surface area contributed by atoms with Crippen molar-refractivity contribution in [3.8, 4) is 0 Å². The van der Waals surface area contributed by atoms with Gasteiger partial charge in [-0.3, -0.25) is 4.79 Å². The Hall–Kier alpha value is -2.36. The second-order valence-corrected chi connectivity index (χ2v) is 3.60. The molecule has 0 unspecified atom stereocenters. The minimum absolute atomic E-state index is 0.226. The van der Waals surface area contributed by atoms with E-state index in [2.05, 4.69) is 4.74 Å². The summed E-state index contributed by atoms with van der Waals surface area (Å²) in [4.78, 5) is 21.4. The van der Waals surface area contributed by atoms with Crippen LogP contribution >= 0.6 is 0 Å². The topological polar surface area (TPSA) is 69.4 Å². The van der Waals surface area contributed by atoms with E-state index >= 15 is 0 Å². The van der Waals surface area contributed by atoms with Gasteiger partial charge in [-0.2, -0.15) is 0 Å². The van der Waals surface area contributed by atoms with Crippen LogP contribution in [0.3, 0.4) is 0 Å². The molecule has 0 radical (unpaired) electrons. The van der Waals surface area contributed by atoms with Gasteiger partial charge in [0.25, 0.3) is 0 Å². The van der Waals surface area contributed by atoms with Crippen LogP contribution < -0.4 is 5.73 Å². The normalized spacial score (nSPS) is 10.9. The number of rotatable bonds is 5. The average molecular weight is 245 g/mol. The molecule has 0 spiro atoms. The van der Waals surface area contributed by atoms with E-state index < -0.39 is 0 Å². The Morgan fingerprint density at radius 1 is 1.17 bits per heavy atom. The van der Waals surface area contributed by atoms with Gasteiger partial charge >= 0.3 is 5.97 Å². The van der Waals surface area contributed by atoms with Crippen LogP contribution in [0.2, 0.25) is 0 Å². The highest BCUT2D eigenvalue weighted by atomic mass is 16.5. The lowest BCUT2D eigenvalue weighted by molar-refractivity contribution is -0.134. The highest BCUT2D eigenvalue weighted by Gasteiger charge is 1.93. The quantitative estimate of drug-likeness (QED) is 0.634. The van der Waals surface area contributed by atoms with Crippen molar-refractivity contribution in [2.75, 3.05) is 7.11 Å². The zero-order chi connectivity index (χ0) is 13.4.